The number of halogens is 3. The largest absolute Gasteiger partial charge is 0.508 e. The number of phenols is 1. The van der Waals surface area contributed by atoms with E-state index in [1.165, 1.54) is 18.3 Å². The molecular weight excluding hydrogens is 587 g/mol. The van der Waals surface area contributed by atoms with Crippen LogP contribution in [0.15, 0.2) is 30.5 Å². The molecule has 3 atom stereocenters. The van der Waals surface area contributed by atoms with Gasteiger partial charge in [-0.15, -0.1) is 0 Å². The maximum atomic E-state index is 16.7. The average Bonchev–Trinajstić information content (AvgIpc) is 3.36. The summed E-state index contributed by atoms with van der Waals surface area (Å²) in [5.74, 6) is -3.12. The van der Waals surface area contributed by atoms with Gasteiger partial charge in [-0.2, -0.15) is 9.97 Å². The van der Waals surface area contributed by atoms with E-state index in [-0.39, 0.29) is 63.3 Å². The topological polar surface area (TPSA) is 104 Å². The zero-order valence-corrected chi connectivity index (χ0v) is 25.3. The lowest BCUT2D eigenvalue weighted by Crippen LogP contribution is -2.50. The second-order valence-electron chi connectivity index (χ2n) is 13.1. The summed E-state index contributed by atoms with van der Waals surface area (Å²) in [6, 6.07) is 5.05. The van der Waals surface area contributed by atoms with Crippen molar-refractivity contribution in [2.24, 2.45) is 5.41 Å². The van der Waals surface area contributed by atoms with Crippen LogP contribution < -0.4 is 9.64 Å². The molecule has 0 radical (unpaired) electrons. The van der Waals surface area contributed by atoms with Gasteiger partial charge >= 0.3 is 6.01 Å². The molecule has 45 heavy (non-hydrogen) atoms. The number of fused-ring (bicyclic) bond motifs is 3. The number of benzene rings is 2. The number of aromatic hydroxyl groups is 1. The minimum Gasteiger partial charge on any atom is -0.508 e. The first-order valence-corrected chi connectivity index (χ1v) is 15.4. The SMILES string of the molecule is CN1CCC[C@@]2(COc3nc(N4CCOC[C@@](C)(O)C4)c4cnc(-c5cc(O)cc6ccc(F)c(F)c56)c(F)c4n3)CCC[C@@H]12. The van der Waals surface area contributed by atoms with E-state index in [9.17, 15) is 14.6 Å². The maximum absolute atomic E-state index is 16.7. The van der Waals surface area contributed by atoms with Crippen LogP contribution >= 0.6 is 0 Å². The third-order valence-corrected chi connectivity index (χ3v) is 9.71. The molecular formula is C33H36F3N5O4. The maximum Gasteiger partial charge on any atom is 0.319 e. The van der Waals surface area contributed by atoms with Gasteiger partial charge in [0.05, 0.1) is 31.8 Å². The number of hydrogen-bond donors (Lipinski definition) is 2. The smallest absolute Gasteiger partial charge is 0.319 e. The minimum atomic E-state index is -1.20. The molecule has 2 aliphatic heterocycles. The second kappa shape index (κ2) is 11.3. The summed E-state index contributed by atoms with van der Waals surface area (Å²) < 4.78 is 58.1. The van der Waals surface area contributed by atoms with Gasteiger partial charge in [-0.05, 0) is 69.8 Å². The summed E-state index contributed by atoms with van der Waals surface area (Å²) in [6.45, 7) is 4.01. The van der Waals surface area contributed by atoms with Gasteiger partial charge in [0.15, 0.2) is 17.5 Å². The number of ether oxygens (including phenoxy) is 2. The van der Waals surface area contributed by atoms with E-state index in [0.29, 0.717) is 31.6 Å². The molecule has 7 rings (SSSR count). The van der Waals surface area contributed by atoms with E-state index >= 15 is 8.78 Å². The average molecular weight is 624 g/mol. The van der Waals surface area contributed by atoms with Crippen molar-refractivity contribution < 1.29 is 32.9 Å². The van der Waals surface area contributed by atoms with Crippen LogP contribution in [-0.2, 0) is 4.74 Å². The normalized spacial score (nSPS) is 25.9. The van der Waals surface area contributed by atoms with E-state index < -0.39 is 23.1 Å². The van der Waals surface area contributed by atoms with Crippen molar-refractivity contribution in [3.8, 4) is 23.0 Å². The molecule has 9 nitrogen and oxygen atoms in total. The van der Waals surface area contributed by atoms with E-state index in [2.05, 4.69) is 21.9 Å². The third-order valence-electron chi connectivity index (χ3n) is 9.71. The van der Waals surface area contributed by atoms with Gasteiger partial charge in [0, 0.05) is 35.1 Å². The van der Waals surface area contributed by atoms with E-state index in [4.69, 9.17) is 14.5 Å². The van der Waals surface area contributed by atoms with Crippen molar-refractivity contribution in [1.29, 1.82) is 0 Å². The van der Waals surface area contributed by atoms with Crippen LogP contribution in [0.3, 0.4) is 0 Å². The highest BCUT2D eigenvalue weighted by Gasteiger charge is 2.47. The lowest BCUT2D eigenvalue weighted by atomic mass is 9.76. The molecule has 1 saturated carbocycles. The van der Waals surface area contributed by atoms with Crippen LogP contribution in [0.25, 0.3) is 32.9 Å². The van der Waals surface area contributed by atoms with Gasteiger partial charge in [-0.3, -0.25) is 4.98 Å². The number of rotatable bonds is 5. The molecule has 2 aromatic heterocycles. The fourth-order valence-corrected chi connectivity index (χ4v) is 7.65. The predicted molar refractivity (Wildman–Crippen MR) is 163 cm³/mol. The van der Waals surface area contributed by atoms with Crippen LogP contribution in [0.2, 0.25) is 0 Å². The number of phenolic OH excluding ortho intramolecular Hbond substituents is 1. The summed E-state index contributed by atoms with van der Waals surface area (Å²) >= 11 is 0. The fraction of sp³-hybridized carbons (Fsp3) is 0.485. The number of nitrogens with zero attached hydrogens (tertiary/aromatic N) is 5. The molecule has 2 aromatic carbocycles. The van der Waals surface area contributed by atoms with Gasteiger partial charge in [0.2, 0.25) is 0 Å². The molecule has 4 heterocycles. The van der Waals surface area contributed by atoms with E-state index in [1.807, 2.05) is 0 Å². The van der Waals surface area contributed by atoms with Crippen LogP contribution in [0.4, 0.5) is 19.0 Å². The lowest BCUT2D eigenvalue weighted by molar-refractivity contribution is -0.0123. The lowest BCUT2D eigenvalue weighted by Gasteiger charge is -2.44. The predicted octanol–water partition coefficient (Wildman–Crippen LogP) is 5.20. The van der Waals surface area contributed by atoms with Crippen molar-refractivity contribution in [3.63, 3.8) is 0 Å². The van der Waals surface area contributed by atoms with Crippen LogP contribution in [0, 0.1) is 22.9 Å². The Kier molecular flexibility index (Phi) is 7.49. The monoisotopic (exact) mass is 623 g/mol. The third kappa shape index (κ3) is 5.32. The number of pyridine rings is 1. The summed E-state index contributed by atoms with van der Waals surface area (Å²) in [5.41, 5.74) is -1.81. The van der Waals surface area contributed by atoms with Gasteiger partial charge in [0.1, 0.15) is 28.4 Å². The number of anilines is 1. The Morgan fingerprint density at radius 3 is 2.76 bits per heavy atom. The van der Waals surface area contributed by atoms with Crippen molar-refractivity contribution in [3.05, 3.63) is 47.9 Å². The highest BCUT2D eigenvalue weighted by molar-refractivity contribution is 6.00. The standard InChI is InChI=1S/C33H36F3N5O4/c1-32(43)16-41(11-12-44-17-32)30-22-15-37-28(21-14-20(42)13-19-6-7-23(34)26(35)25(19)21)27(36)29(22)38-31(39-30)45-18-33-8-3-5-24(33)40(2)10-4-9-33/h6-7,13-15,24,42-43H,3-5,8-12,16-18H2,1-2H3/t24-,32+,33-/m1/s1. The van der Waals surface area contributed by atoms with Crippen molar-refractivity contribution in [2.75, 3.05) is 51.4 Å². The number of aromatic nitrogens is 3. The molecule has 12 heteroatoms. The molecule has 0 spiro atoms. The first-order chi connectivity index (χ1) is 21.6. The quantitative estimate of drug-likeness (QED) is 0.311. The number of piperidine rings is 1. The minimum absolute atomic E-state index is 0.0235. The van der Waals surface area contributed by atoms with Gasteiger partial charge in [0.25, 0.3) is 0 Å². The summed E-state index contributed by atoms with van der Waals surface area (Å²) in [4.78, 5) is 17.8. The molecule has 2 saturated heterocycles. The van der Waals surface area contributed by atoms with Gasteiger partial charge in [-0.25, -0.2) is 13.2 Å². The number of β-amino-alcohol motifs (C(OH)–C–C–N with tert-alkyl or cyclic N) is 1. The van der Waals surface area contributed by atoms with Crippen molar-refractivity contribution in [1.82, 2.24) is 19.9 Å². The van der Waals surface area contributed by atoms with E-state index in [0.717, 1.165) is 50.8 Å². The van der Waals surface area contributed by atoms with E-state index in [1.54, 1.807) is 11.8 Å². The highest BCUT2D eigenvalue weighted by atomic mass is 19.2. The molecule has 3 fully saturated rings. The summed E-state index contributed by atoms with van der Waals surface area (Å²) in [6.07, 6.45) is 6.66. The number of hydrogen-bond acceptors (Lipinski definition) is 9. The molecule has 3 aliphatic rings. The molecule has 1 aliphatic carbocycles. The van der Waals surface area contributed by atoms with Crippen LogP contribution in [0.1, 0.15) is 39.0 Å². The molecule has 0 amide bonds. The van der Waals surface area contributed by atoms with Crippen LogP contribution in [0.5, 0.6) is 11.8 Å². The van der Waals surface area contributed by atoms with Gasteiger partial charge in [-0.1, -0.05) is 12.5 Å². The summed E-state index contributed by atoms with van der Waals surface area (Å²) in [5, 5.41) is 21.6. The van der Waals surface area contributed by atoms with Gasteiger partial charge < -0.3 is 29.5 Å². The Labute approximate surface area is 258 Å². The Morgan fingerprint density at radius 2 is 1.91 bits per heavy atom. The molecule has 238 valence electrons. The number of likely N-dealkylation sites (tertiary alicyclic amines) is 1. The van der Waals surface area contributed by atoms with Crippen LogP contribution in [-0.4, -0.2) is 88.2 Å². The fourth-order valence-electron chi connectivity index (χ4n) is 7.65. The zero-order valence-electron chi connectivity index (χ0n) is 25.3. The molecule has 2 N–H and O–H groups in total. The molecule has 4 aromatic rings. The summed E-state index contributed by atoms with van der Waals surface area (Å²) in [7, 11) is 2.14. The zero-order chi connectivity index (χ0) is 31.5. The van der Waals surface area contributed by atoms with Crippen molar-refractivity contribution >= 4 is 27.5 Å². The first kappa shape index (κ1) is 29.9. The highest BCUT2D eigenvalue weighted by Crippen LogP contribution is 2.47. The Balaban J connectivity index is 1.37. The Bertz CT molecular complexity index is 1790. The Morgan fingerprint density at radius 1 is 1.09 bits per heavy atom. The second-order valence-corrected chi connectivity index (χ2v) is 13.1. The number of aliphatic hydroxyl groups is 1. The van der Waals surface area contributed by atoms with Crippen molar-refractivity contribution in [2.45, 2.75) is 50.7 Å². The molecule has 0 bridgehead atoms. The Hall–Kier alpha value is -3.74. The molecule has 0 unspecified atom stereocenters. The first-order valence-electron chi connectivity index (χ1n) is 15.4.